The summed E-state index contributed by atoms with van der Waals surface area (Å²) in [6, 6.07) is 11.9. The van der Waals surface area contributed by atoms with E-state index in [0.29, 0.717) is 12.1 Å². The van der Waals surface area contributed by atoms with Gasteiger partial charge >= 0.3 is 0 Å². The number of hydrogen-bond donors (Lipinski definition) is 2. The third-order valence-corrected chi connectivity index (χ3v) is 3.07. The third-order valence-electron chi connectivity index (χ3n) is 3.07. The summed E-state index contributed by atoms with van der Waals surface area (Å²) in [7, 11) is 0. The summed E-state index contributed by atoms with van der Waals surface area (Å²) < 4.78 is 0. The molecule has 1 aromatic rings. The van der Waals surface area contributed by atoms with Crippen molar-refractivity contribution < 1.29 is 0 Å². The summed E-state index contributed by atoms with van der Waals surface area (Å²) in [5.74, 6) is 0. The molecule has 1 fully saturated rings. The highest BCUT2D eigenvalue weighted by atomic mass is 15.1. The van der Waals surface area contributed by atoms with Gasteiger partial charge in [0, 0.05) is 25.2 Å². The monoisotopic (exact) mass is 204 g/mol. The van der Waals surface area contributed by atoms with Crippen LogP contribution in [0, 0.1) is 0 Å². The lowest BCUT2D eigenvalue weighted by Crippen LogP contribution is -2.55. The Balaban J connectivity index is 1.89. The minimum absolute atomic E-state index is 0.589. The molecule has 0 saturated carbocycles. The molecule has 15 heavy (non-hydrogen) atoms. The standard InChI is InChI=1S/C13H20N2/c1-2-12-9-14-10-13(15-12)8-11-6-4-3-5-7-11/h3-7,12-15H,2,8-10H2,1H3. The second kappa shape index (κ2) is 5.29. The van der Waals surface area contributed by atoms with Crippen LogP contribution in [0.2, 0.25) is 0 Å². The summed E-state index contributed by atoms with van der Waals surface area (Å²) in [6.07, 6.45) is 2.34. The zero-order valence-electron chi connectivity index (χ0n) is 9.37. The highest BCUT2D eigenvalue weighted by Gasteiger charge is 2.18. The predicted molar refractivity (Wildman–Crippen MR) is 64.0 cm³/mol. The first-order chi connectivity index (χ1) is 7.38. The minimum atomic E-state index is 0.589. The van der Waals surface area contributed by atoms with Crippen molar-refractivity contribution >= 4 is 0 Å². The van der Waals surface area contributed by atoms with E-state index in [9.17, 15) is 0 Å². The molecule has 2 rings (SSSR count). The maximum atomic E-state index is 3.69. The average Bonchev–Trinajstić information content (AvgIpc) is 2.31. The van der Waals surface area contributed by atoms with Crippen LogP contribution in [0.15, 0.2) is 30.3 Å². The van der Waals surface area contributed by atoms with E-state index in [1.54, 1.807) is 0 Å². The van der Waals surface area contributed by atoms with Gasteiger partial charge in [0.05, 0.1) is 0 Å². The van der Waals surface area contributed by atoms with E-state index in [1.165, 1.54) is 12.0 Å². The summed E-state index contributed by atoms with van der Waals surface area (Å²) in [5.41, 5.74) is 1.42. The van der Waals surface area contributed by atoms with Crippen LogP contribution in [0.25, 0.3) is 0 Å². The van der Waals surface area contributed by atoms with Crippen molar-refractivity contribution in [3.63, 3.8) is 0 Å². The predicted octanol–water partition coefficient (Wildman–Crippen LogP) is 1.57. The first-order valence-electron chi connectivity index (χ1n) is 5.89. The average molecular weight is 204 g/mol. The van der Waals surface area contributed by atoms with E-state index >= 15 is 0 Å². The normalized spacial score (nSPS) is 26.5. The second-order valence-corrected chi connectivity index (χ2v) is 4.32. The molecule has 1 aliphatic heterocycles. The summed E-state index contributed by atoms with van der Waals surface area (Å²) in [6.45, 7) is 4.44. The molecule has 2 atom stereocenters. The maximum Gasteiger partial charge on any atom is 0.0235 e. The van der Waals surface area contributed by atoms with E-state index in [2.05, 4.69) is 47.9 Å². The third kappa shape index (κ3) is 3.05. The first-order valence-corrected chi connectivity index (χ1v) is 5.89. The van der Waals surface area contributed by atoms with Crippen molar-refractivity contribution in [3.8, 4) is 0 Å². The van der Waals surface area contributed by atoms with Crippen molar-refractivity contribution in [2.45, 2.75) is 31.8 Å². The Morgan fingerprint density at radius 3 is 2.60 bits per heavy atom. The van der Waals surface area contributed by atoms with Gasteiger partial charge in [0.2, 0.25) is 0 Å². The molecule has 1 heterocycles. The van der Waals surface area contributed by atoms with Gasteiger partial charge in [0.1, 0.15) is 0 Å². The molecule has 0 aliphatic carbocycles. The van der Waals surface area contributed by atoms with Crippen molar-refractivity contribution in [3.05, 3.63) is 35.9 Å². The van der Waals surface area contributed by atoms with E-state index in [0.717, 1.165) is 19.5 Å². The van der Waals surface area contributed by atoms with Crippen LogP contribution in [0.5, 0.6) is 0 Å². The fourth-order valence-corrected chi connectivity index (χ4v) is 2.17. The van der Waals surface area contributed by atoms with Crippen LogP contribution < -0.4 is 10.6 Å². The van der Waals surface area contributed by atoms with E-state index in [1.807, 2.05) is 0 Å². The fraction of sp³-hybridized carbons (Fsp3) is 0.538. The Hall–Kier alpha value is -0.860. The molecule has 2 unspecified atom stereocenters. The minimum Gasteiger partial charge on any atom is -0.314 e. The Labute approximate surface area is 92.1 Å². The molecule has 0 spiro atoms. The Morgan fingerprint density at radius 2 is 1.87 bits per heavy atom. The quantitative estimate of drug-likeness (QED) is 0.781. The Morgan fingerprint density at radius 1 is 1.13 bits per heavy atom. The van der Waals surface area contributed by atoms with Gasteiger partial charge in [0.25, 0.3) is 0 Å². The number of benzene rings is 1. The smallest absolute Gasteiger partial charge is 0.0235 e. The number of piperazine rings is 1. The lowest BCUT2D eigenvalue weighted by Gasteiger charge is -2.31. The van der Waals surface area contributed by atoms with E-state index in [4.69, 9.17) is 0 Å². The molecule has 2 nitrogen and oxygen atoms in total. The summed E-state index contributed by atoms with van der Waals surface area (Å²) >= 11 is 0. The topological polar surface area (TPSA) is 24.1 Å². The van der Waals surface area contributed by atoms with Crippen molar-refractivity contribution in [1.82, 2.24) is 10.6 Å². The van der Waals surface area contributed by atoms with Gasteiger partial charge in [-0.2, -0.15) is 0 Å². The lowest BCUT2D eigenvalue weighted by atomic mass is 10.0. The summed E-state index contributed by atoms with van der Waals surface area (Å²) in [4.78, 5) is 0. The fourth-order valence-electron chi connectivity index (χ4n) is 2.17. The van der Waals surface area contributed by atoms with Gasteiger partial charge in [0.15, 0.2) is 0 Å². The number of rotatable bonds is 3. The molecule has 0 amide bonds. The van der Waals surface area contributed by atoms with Crippen molar-refractivity contribution in [2.24, 2.45) is 0 Å². The Bertz CT molecular complexity index is 284. The highest BCUT2D eigenvalue weighted by Crippen LogP contribution is 2.06. The van der Waals surface area contributed by atoms with E-state index < -0.39 is 0 Å². The van der Waals surface area contributed by atoms with Crippen LogP contribution in [-0.4, -0.2) is 25.2 Å². The van der Waals surface area contributed by atoms with Gasteiger partial charge in [-0.1, -0.05) is 37.3 Å². The lowest BCUT2D eigenvalue weighted by molar-refractivity contribution is 0.330. The molecule has 2 heteroatoms. The first kappa shape index (κ1) is 10.7. The van der Waals surface area contributed by atoms with Crippen molar-refractivity contribution in [1.29, 1.82) is 0 Å². The molecular weight excluding hydrogens is 184 g/mol. The van der Waals surface area contributed by atoms with Gasteiger partial charge in [-0.05, 0) is 18.4 Å². The molecule has 2 N–H and O–H groups in total. The van der Waals surface area contributed by atoms with Crippen LogP contribution in [0.1, 0.15) is 18.9 Å². The van der Waals surface area contributed by atoms with Gasteiger partial charge in [-0.3, -0.25) is 0 Å². The van der Waals surface area contributed by atoms with Crippen molar-refractivity contribution in [2.75, 3.05) is 13.1 Å². The molecular formula is C13H20N2. The van der Waals surface area contributed by atoms with Gasteiger partial charge in [-0.15, -0.1) is 0 Å². The van der Waals surface area contributed by atoms with Crippen LogP contribution in [-0.2, 0) is 6.42 Å². The Kier molecular flexibility index (Phi) is 3.75. The van der Waals surface area contributed by atoms with Crippen LogP contribution in [0.3, 0.4) is 0 Å². The zero-order valence-corrected chi connectivity index (χ0v) is 9.37. The number of hydrogen-bond acceptors (Lipinski definition) is 2. The summed E-state index contributed by atoms with van der Waals surface area (Å²) in [5, 5.41) is 7.18. The second-order valence-electron chi connectivity index (χ2n) is 4.32. The van der Waals surface area contributed by atoms with Gasteiger partial charge in [-0.25, -0.2) is 0 Å². The molecule has 0 aromatic heterocycles. The largest absolute Gasteiger partial charge is 0.314 e. The highest BCUT2D eigenvalue weighted by molar-refractivity contribution is 5.16. The van der Waals surface area contributed by atoms with Gasteiger partial charge < -0.3 is 10.6 Å². The van der Waals surface area contributed by atoms with Crippen LogP contribution >= 0.6 is 0 Å². The SMILES string of the molecule is CCC1CNCC(Cc2ccccc2)N1. The molecule has 82 valence electrons. The molecule has 0 bridgehead atoms. The van der Waals surface area contributed by atoms with Crippen LogP contribution in [0.4, 0.5) is 0 Å². The van der Waals surface area contributed by atoms with E-state index in [-0.39, 0.29) is 0 Å². The molecule has 0 radical (unpaired) electrons. The zero-order chi connectivity index (χ0) is 10.5. The number of nitrogens with one attached hydrogen (secondary N) is 2. The molecule has 1 saturated heterocycles. The molecule has 1 aliphatic rings. The molecule has 1 aromatic carbocycles. The maximum absolute atomic E-state index is 3.69.